The minimum atomic E-state index is -0.905. The maximum absolute atomic E-state index is 11.8. The molecule has 112 valence electrons. The van der Waals surface area contributed by atoms with Crippen LogP contribution in [0.5, 0.6) is 0 Å². The molecule has 0 rings (SSSR count). The molecule has 0 spiro atoms. The summed E-state index contributed by atoms with van der Waals surface area (Å²) in [5.74, 6) is -0.495. The molecule has 0 aliphatic carbocycles. The highest BCUT2D eigenvalue weighted by molar-refractivity contribution is 5.78. The molecule has 5 nitrogen and oxygen atoms in total. The molecular weight excluding hydrogens is 244 g/mol. The monoisotopic (exact) mass is 272 g/mol. The molecular formula is C14H28N2O3. The molecule has 1 atom stereocenters. The Balaban J connectivity index is 4.12. The van der Waals surface area contributed by atoms with Crippen LogP contribution in [0.15, 0.2) is 0 Å². The molecule has 1 amide bonds. The zero-order chi connectivity index (χ0) is 14.9. The van der Waals surface area contributed by atoms with Gasteiger partial charge in [0.15, 0.2) is 0 Å². The van der Waals surface area contributed by atoms with E-state index in [-0.39, 0.29) is 12.3 Å². The van der Waals surface area contributed by atoms with Crippen molar-refractivity contribution < 1.29 is 14.7 Å². The highest BCUT2D eigenvalue weighted by atomic mass is 16.4. The van der Waals surface area contributed by atoms with Gasteiger partial charge in [0, 0.05) is 12.0 Å². The summed E-state index contributed by atoms with van der Waals surface area (Å²) in [6.45, 7) is 6.22. The summed E-state index contributed by atoms with van der Waals surface area (Å²) in [6.07, 6.45) is 4.31. The van der Waals surface area contributed by atoms with Gasteiger partial charge in [0.05, 0.1) is 6.42 Å². The first kappa shape index (κ1) is 17.9. The molecule has 0 aromatic heterocycles. The van der Waals surface area contributed by atoms with Crippen LogP contribution in [0.4, 0.5) is 0 Å². The molecule has 0 aromatic carbocycles. The Labute approximate surface area is 115 Å². The average molecular weight is 272 g/mol. The molecule has 1 unspecified atom stereocenters. The van der Waals surface area contributed by atoms with Crippen molar-refractivity contribution in [3.8, 4) is 0 Å². The van der Waals surface area contributed by atoms with Gasteiger partial charge in [-0.3, -0.25) is 9.59 Å². The molecule has 0 aliphatic heterocycles. The first-order valence-electron chi connectivity index (χ1n) is 7.03. The molecule has 4 N–H and O–H groups in total. The lowest BCUT2D eigenvalue weighted by molar-refractivity contribution is -0.138. The Bertz CT molecular complexity index is 284. The molecule has 0 aromatic rings. The fraction of sp³-hybridized carbons (Fsp3) is 0.857. The van der Waals surface area contributed by atoms with Crippen LogP contribution in [-0.4, -0.2) is 29.1 Å². The quantitative estimate of drug-likeness (QED) is 0.566. The smallest absolute Gasteiger partial charge is 0.305 e. The maximum atomic E-state index is 11.8. The highest BCUT2D eigenvalue weighted by Gasteiger charge is 2.23. The average Bonchev–Trinajstić information content (AvgIpc) is 2.23. The second kappa shape index (κ2) is 8.91. The number of hydrogen-bond acceptors (Lipinski definition) is 3. The van der Waals surface area contributed by atoms with Crippen molar-refractivity contribution in [2.45, 2.75) is 64.8 Å². The molecule has 0 fully saturated rings. The Hall–Kier alpha value is -1.10. The van der Waals surface area contributed by atoms with Crippen LogP contribution >= 0.6 is 0 Å². The van der Waals surface area contributed by atoms with Crippen LogP contribution in [-0.2, 0) is 9.59 Å². The summed E-state index contributed by atoms with van der Waals surface area (Å²) in [5, 5.41) is 11.5. The Kier molecular flexibility index (Phi) is 8.39. The van der Waals surface area contributed by atoms with E-state index in [9.17, 15) is 9.59 Å². The van der Waals surface area contributed by atoms with Crippen LogP contribution in [0.3, 0.4) is 0 Å². The van der Waals surface area contributed by atoms with Crippen LogP contribution in [0.25, 0.3) is 0 Å². The normalized spacial score (nSPS) is 13.1. The van der Waals surface area contributed by atoms with Crippen molar-refractivity contribution in [3.05, 3.63) is 0 Å². The number of carboxylic acids is 1. The topological polar surface area (TPSA) is 92.4 Å². The number of carboxylic acid groups (broad SMARTS) is 1. The number of nitrogens with two attached hydrogens (primary N) is 1. The molecule has 0 saturated heterocycles. The van der Waals surface area contributed by atoms with E-state index in [1.807, 2.05) is 0 Å². The van der Waals surface area contributed by atoms with Crippen molar-refractivity contribution in [2.75, 3.05) is 6.54 Å². The molecule has 19 heavy (non-hydrogen) atoms. The van der Waals surface area contributed by atoms with Crippen molar-refractivity contribution in [2.24, 2.45) is 11.7 Å². The predicted molar refractivity (Wildman–Crippen MR) is 75.8 cm³/mol. The van der Waals surface area contributed by atoms with E-state index < -0.39 is 11.5 Å². The number of hydrogen-bond donors (Lipinski definition) is 3. The Morgan fingerprint density at radius 2 is 1.89 bits per heavy atom. The van der Waals surface area contributed by atoms with E-state index in [1.165, 1.54) is 0 Å². The summed E-state index contributed by atoms with van der Waals surface area (Å²) in [7, 11) is 0. The van der Waals surface area contributed by atoms with Gasteiger partial charge >= 0.3 is 5.97 Å². The summed E-state index contributed by atoms with van der Waals surface area (Å²) in [6, 6.07) is 0. The zero-order valence-corrected chi connectivity index (χ0v) is 12.4. The number of amides is 1. The van der Waals surface area contributed by atoms with Gasteiger partial charge in [-0.2, -0.15) is 0 Å². The van der Waals surface area contributed by atoms with Crippen molar-refractivity contribution in [1.82, 2.24) is 5.32 Å². The third-order valence-corrected chi connectivity index (χ3v) is 3.12. The van der Waals surface area contributed by atoms with E-state index >= 15 is 0 Å². The van der Waals surface area contributed by atoms with Gasteiger partial charge in [-0.15, -0.1) is 0 Å². The van der Waals surface area contributed by atoms with Crippen LogP contribution in [0.1, 0.15) is 59.3 Å². The van der Waals surface area contributed by atoms with Gasteiger partial charge in [-0.05, 0) is 39.2 Å². The van der Waals surface area contributed by atoms with E-state index in [1.54, 1.807) is 13.8 Å². The summed E-state index contributed by atoms with van der Waals surface area (Å²) >= 11 is 0. The van der Waals surface area contributed by atoms with E-state index in [0.717, 1.165) is 25.7 Å². The van der Waals surface area contributed by atoms with E-state index in [4.69, 9.17) is 10.8 Å². The standard InChI is InChI=1S/C14H28N2O3/c1-4-5-11(8-9-15)6-7-12(17)16-14(2,3)10-13(18)19/h11H,4-10,15H2,1-3H3,(H,16,17)(H,18,19). The highest BCUT2D eigenvalue weighted by Crippen LogP contribution is 2.17. The SMILES string of the molecule is CCCC(CCN)CCC(=O)NC(C)(C)CC(=O)O. The molecule has 0 bridgehead atoms. The largest absolute Gasteiger partial charge is 0.481 e. The summed E-state index contributed by atoms with van der Waals surface area (Å²) < 4.78 is 0. The van der Waals surface area contributed by atoms with Gasteiger partial charge in [0.1, 0.15) is 0 Å². The van der Waals surface area contributed by atoms with Crippen molar-refractivity contribution in [3.63, 3.8) is 0 Å². The van der Waals surface area contributed by atoms with E-state index in [2.05, 4.69) is 12.2 Å². The molecule has 0 heterocycles. The molecule has 0 aliphatic rings. The number of rotatable bonds is 10. The van der Waals surface area contributed by atoms with Crippen LogP contribution in [0.2, 0.25) is 0 Å². The fourth-order valence-corrected chi connectivity index (χ4v) is 2.27. The van der Waals surface area contributed by atoms with Gasteiger partial charge in [0.2, 0.25) is 5.91 Å². The fourth-order valence-electron chi connectivity index (χ4n) is 2.27. The Morgan fingerprint density at radius 1 is 1.26 bits per heavy atom. The van der Waals surface area contributed by atoms with Crippen LogP contribution < -0.4 is 11.1 Å². The zero-order valence-electron chi connectivity index (χ0n) is 12.4. The maximum Gasteiger partial charge on any atom is 0.305 e. The number of carbonyl (C=O) groups is 2. The lowest BCUT2D eigenvalue weighted by atomic mass is 9.93. The number of aliphatic carboxylic acids is 1. The number of nitrogens with one attached hydrogen (secondary N) is 1. The van der Waals surface area contributed by atoms with Crippen molar-refractivity contribution >= 4 is 11.9 Å². The third kappa shape index (κ3) is 9.47. The first-order chi connectivity index (χ1) is 8.80. The first-order valence-corrected chi connectivity index (χ1v) is 7.03. The lowest BCUT2D eigenvalue weighted by Gasteiger charge is -2.25. The third-order valence-electron chi connectivity index (χ3n) is 3.12. The molecule has 5 heteroatoms. The van der Waals surface area contributed by atoms with Gasteiger partial charge in [-0.1, -0.05) is 19.8 Å². The summed E-state index contributed by atoms with van der Waals surface area (Å²) in [5.41, 5.74) is 4.86. The molecule has 0 saturated carbocycles. The minimum Gasteiger partial charge on any atom is -0.481 e. The van der Waals surface area contributed by atoms with E-state index in [0.29, 0.717) is 18.9 Å². The summed E-state index contributed by atoms with van der Waals surface area (Å²) in [4.78, 5) is 22.5. The number of carbonyl (C=O) groups excluding carboxylic acids is 1. The van der Waals surface area contributed by atoms with Gasteiger partial charge in [0.25, 0.3) is 0 Å². The predicted octanol–water partition coefficient (Wildman–Crippen LogP) is 1.90. The second-order valence-corrected chi connectivity index (χ2v) is 5.77. The molecule has 0 radical (unpaired) electrons. The Morgan fingerprint density at radius 3 is 2.37 bits per heavy atom. The second-order valence-electron chi connectivity index (χ2n) is 5.77. The van der Waals surface area contributed by atoms with Crippen LogP contribution in [0, 0.1) is 5.92 Å². The van der Waals surface area contributed by atoms with Crippen molar-refractivity contribution in [1.29, 1.82) is 0 Å². The minimum absolute atomic E-state index is 0.0695. The van der Waals surface area contributed by atoms with Gasteiger partial charge < -0.3 is 16.2 Å². The van der Waals surface area contributed by atoms with Gasteiger partial charge in [-0.25, -0.2) is 0 Å². The lowest BCUT2D eigenvalue weighted by Crippen LogP contribution is -2.45.